The van der Waals surface area contributed by atoms with Crippen LogP contribution in [0.2, 0.25) is 0 Å². The summed E-state index contributed by atoms with van der Waals surface area (Å²) in [6.45, 7) is 4.00. The van der Waals surface area contributed by atoms with Crippen LogP contribution in [0, 0.1) is 0 Å². The Hall–Kier alpha value is -2.12. The van der Waals surface area contributed by atoms with Gasteiger partial charge in [-0.15, -0.1) is 11.3 Å². The number of thiazole rings is 1. The van der Waals surface area contributed by atoms with Gasteiger partial charge in [-0.05, 0) is 26.1 Å². The van der Waals surface area contributed by atoms with Crippen molar-refractivity contribution >= 4 is 17.3 Å². The number of para-hydroxylation sites is 2. The van der Waals surface area contributed by atoms with Crippen LogP contribution in [0.25, 0.3) is 0 Å². The zero-order valence-corrected chi connectivity index (χ0v) is 14.5. The van der Waals surface area contributed by atoms with Gasteiger partial charge in [0.2, 0.25) is 5.01 Å². The SMILES string of the molecule is CCOC(=O)c1nc(CN(C)C[C@H]2COc3ccccc3O2)cs1. The number of hydrogen-bond acceptors (Lipinski definition) is 7. The number of hydrogen-bond donors (Lipinski definition) is 0. The molecule has 0 spiro atoms. The number of fused-ring (bicyclic) bond motifs is 1. The minimum absolute atomic E-state index is 0.0342. The fourth-order valence-electron chi connectivity index (χ4n) is 2.51. The van der Waals surface area contributed by atoms with E-state index in [-0.39, 0.29) is 12.1 Å². The fourth-order valence-corrected chi connectivity index (χ4v) is 3.21. The Morgan fingerprint density at radius 2 is 2.21 bits per heavy atom. The second-order valence-electron chi connectivity index (χ2n) is 5.56. The van der Waals surface area contributed by atoms with Crippen molar-refractivity contribution in [2.45, 2.75) is 19.6 Å². The number of ether oxygens (including phenoxy) is 3. The summed E-state index contributed by atoms with van der Waals surface area (Å²) in [7, 11) is 1.99. The highest BCUT2D eigenvalue weighted by atomic mass is 32.1. The number of rotatable bonds is 6. The van der Waals surface area contributed by atoms with E-state index in [1.165, 1.54) is 11.3 Å². The van der Waals surface area contributed by atoms with E-state index in [1.807, 2.05) is 36.7 Å². The van der Waals surface area contributed by atoms with Crippen molar-refractivity contribution in [3.05, 3.63) is 40.3 Å². The van der Waals surface area contributed by atoms with Crippen LogP contribution >= 0.6 is 11.3 Å². The van der Waals surface area contributed by atoms with Gasteiger partial charge in [-0.1, -0.05) is 12.1 Å². The molecule has 0 saturated heterocycles. The molecule has 0 aliphatic carbocycles. The molecule has 7 heteroatoms. The van der Waals surface area contributed by atoms with E-state index in [0.717, 1.165) is 17.2 Å². The fraction of sp³-hybridized carbons (Fsp3) is 0.412. The highest BCUT2D eigenvalue weighted by molar-refractivity contribution is 7.11. The van der Waals surface area contributed by atoms with Crippen molar-refractivity contribution in [1.82, 2.24) is 9.88 Å². The van der Waals surface area contributed by atoms with Gasteiger partial charge in [0.15, 0.2) is 11.5 Å². The Kier molecular flexibility index (Phi) is 5.32. The minimum atomic E-state index is -0.364. The molecule has 1 aliphatic rings. The molecule has 1 aliphatic heterocycles. The maximum Gasteiger partial charge on any atom is 0.367 e. The van der Waals surface area contributed by atoms with E-state index in [2.05, 4.69) is 9.88 Å². The Bertz CT molecular complexity index is 703. The van der Waals surface area contributed by atoms with Gasteiger partial charge in [0.05, 0.1) is 12.3 Å². The summed E-state index contributed by atoms with van der Waals surface area (Å²) in [4.78, 5) is 18.1. The molecular formula is C17H20N2O4S. The zero-order valence-electron chi connectivity index (χ0n) is 13.7. The van der Waals surface area contributed by atoms with Crippen LogP contribution in [0.3, 0.4) is 0 Å². The Morgan fingerprint density at radius 3 is 3.00 bits per heavy atom. The summed E-state index contributed by atoms with van der Waals surface area (Å²) in [6.07, 6.45) is -0.0342. The average Bonchev–Trinajstić information content (AvgIpc) is 3.03. The summed E-state index contributed by atoms with van der Waals surface area (Å²) in [5.41, 5.74) is 0.850. The van der Waals surface area contributed by atoms with E-state index in [4.69, 9.17) is 14.2 Å². The summed E-state index contributed by atoms with van der Waals surface area (Å²) in [5.74, 6) is 1.20. The van der Waals surface area contributed by atoms with Gasteiger partial charge in [-0.25, -0.2) is 9.78 Å². The Balaban J connectivity index is 1.53. The molecule has 0 saturated carbocycles. The third-order valence-corrected chi connectivity index (χ3v) is 4.39. The predicted molar refractivity (Wildman–Crippen MR) is 90.8 cm³/mol. The first kappa shape index (κ1) is 16.7. The quantitative estimate of drug-likeness (QED) is 0.748. The molecule has 128 valence electrons. The first-order valence-electron chi connectivity index (χ1n) is 7.84. The van der Waals surface area contributed by atoms with Crippen LogP contribution in [0.5, 0.6) is 11.5 Å². The molecule has 0 bridgehead atoms. The number of likely N-dealkylation sites (N-methyl/N-ethyl adjacent to an activating group) is 1. The standard InChI is InChI=1S/C17H20N2O4S/c1-3-21-17(20)16-18-12(11-24-16)8-19(2)9-13-10-22-14-6-4-5-7-15(14)23-13/h4-7,11,13H,3,8-10H2,1-2H3/t13-/m0/s1. The molecule has 24 heavy (non-hydrogen) atoms. The van der Waals surface area contributed by atoms with Gasteiger partial charge in [-0.3, -0.25) is 4.90 Å². The molecule has 1 aromatic carbocycles. The third-order valence-electron chi connectivity index (χ3n) is 3.52. The largest absolute Gasteiger partial charge is 0.486 e. The molecule has 0 unspecified atom stereocenters. The van der Waals surface area contributed by atoms with E-state index in [9.17, 15) is 4.79 Å². The first-order valence-corrected chi connectivity index (χ1v) is 8.72. The topological polar surface area (TPSA) is 60.9 Å². The van der Waals surface area contributed by atoms with Gasteiger partial charge in [-0.2, -0.15) is 0 Å². The van der Waals surface area contributed by atoms with Crippen LogP contribution in [0.4, 0.5) is 0 Å². The summed E-state index contributed by atoms with van der Waals surface area (Å²) < 4.78 is 16.6. The lowest BCUT2D eigenvalue weighted by Crippen LogP contribution is -2.39. The summed E-state index contributed by atoms with van der Waals surface area (Å²) >= 11 is 1.31. The molecule has 1 atom stereocenters. The van der Waals surface area contributed by atoms with Crippen molar-refractivity contribution < 1.29 is 19.0 Å². The van der Waals surface area contributed by atoms with Crippen LogP contribution < -0.4 is 9.47 Å². The molecule has 3 rings (SSSR count). The van der Waals surface area contributed by atoms with Crippen molar-refractivity contribution in [2.24, 2.45) is 0 Å². The number of carbonyl (C=O) groups excluding carboxylic acids is 1. The van der Waals surface area contributed by atoms with E-state index >= 15 is 0 Å². The highest BCUT2D eigenvalue weighted by Gasteiger charge is 2.22. The predicted octanol–water partition coefficient (Wildman–Crippen LogP) is 2.59. The maximum atomic E-state index is 11.7. The lowest BCUT2D eigenvalue weighted by atomic mass is 10.2. The molecule has 0 N–H and O–H groups in total. The number of aromatic nitrogens is 1. The second-order valence-corrected chi connectivity index (χ2v) is 6.42. The Morgan fingerprint density at radius 1 is 1.42 bits per heavy atom. The van der Waals surface area contributed by atoms with Gasteiger partial charge in [0.25, 0.3) is 0 Å². The van der Waals surface area contributed by atoms with Gasteiger partial charge in [0, 0.05) is 18.5 Å². The van der Waals surface area contributed by atoms with Crippen LogP contribution in [-0.2, 0) is 11.3 Å². The van der Waals surface area contributed by atoms with Crippen LogP contribution in [0.15, 0.2) is 29.6 Å². The van der Waals surface area contributed by atoms with E-state index < -0.39 is 0 Å². The lowest BCUT2D eigenvalue weighted by molar-refractivity contribution is 0.0524. The van der Waals surface area contributed by atoms with Gasteiger partial charge in [0.1, 0.15) is 12.7 Å². The smallest absolute Gasteiger partial charge is 0.367 e. The normalized spacial score (nSPS) is 16.2. The van der Waals surface area contributed by atoms with Gasteiger partial charge >= 0.3 is 5.97 Å². The average molecular weight is 348 g/mol. The van der Waals surface area contributed by atoms with E-state index in [1.54, 1.807) is 6.92 Å². The summed E-state index contributed by atoms with van der Waals surface area (Å²) in [5, 5.41) is 2.28. The van der Waals surface area contributed by atoms with Crippen molar-refractivity contribution in [1.29, 1.82) is 0 Å². The number of carbonyl (C=O) groups is 1. The zero-order chi connectivity index (χ0) is 16.9. The molecule has 0 amide bonds. The van der Waals surface area contributed by atoms with Crippen molar-refractivity contribution in [3.63, 3.8) is 0 Å². The minimum Gasteiger partial charge on any atom is -0.486 e. The number of nitrogens with zero attached hydrogens (tertiary/aromatic N) is 2. The van der Waals surface area contributed by atoms with E-state index in [0.29, 0.717) is 31.3 Å². The lowest BCUT2D eigenvalue weighted by Gasteiger charge is -2.29. The number of esters is 1. The molecule has 0 radical (unpaired) electrons. The van der Waals surface area contributed by atoms with Crippen LogP contribution in [0.1, 0.15) is 22.4 Å². The molecule has 2 heterocycles. The van der Waals surface area contributed by atoms with Gasteiger partial charge < -0.3 is 14.2 Å². The maximum absolute atomic E-state index is 11.7. The van der Waals surface area contributed by atoms with Crippen LogP contribution in [-0.4, -0.2) is 48.8 Å². The first-order chi connectivity index (χ1) is 11.7. The second kappa shape index (κ2) is 7.63. The third kappa shape index (κ3) is 4.04. The number of benzene rings is 1. The monoisotopic (exact) mass is 348 g/mol. The molecule has 6 nitrogen and oxygen atoms in total. The molecule has 0 fully saturated rings. The Labute approximate surface area is 145 Å². The van der Waals surface area contributed by atoms with Crippen molar-refractivity contribution in [2.75, 3.05) is 26.8 Å². The highest BCUT2D eigenvalue weighted by Crippen LogP contribution is 2.31. The van der Waals surface area contributed by atoms with Crippen molar-refractivity contribution in [3.8, 4) is 11.5 Å². The molecule has 2 aromatic rings. The molecular weight excluding hydrogens is 328 g/mol. The summed E-state index contributed by atoms with van der Waals surface area (Å²) in [6, 6.07) is 7.67. The molecule has 1 aromatic heterocycles.